The van der Waals surface area contributed by atoms with Crippen LogP contribution in [0, 0.1) is 5.92 Å². The third-order valence-corrected chi connectivity index (χ3v) is 5.97. The minimum absolute atomic E-state index is 0.175. The lowest BCUT2D eigenvalue weighted by molar-refractivity contribution is 0.118. The maximum absolute atomic E-state index is 13.2. The summed E-state index contributed by atoms with van der Waals surface area (Å²) >= 11 is 0. The van der Waals surface area contributed by atoms with Crippen LogP contribution in [0.3, 0.4) is 0 Å². The average molecular weight is 405 g/mol. The molecule has 3 atom stereocenters. The molecule has 1 aliphatic heterocycles. The summed E-state index contributed by atoms with van der Waals surface area (Å²) in [4.78, 5) is 0.619. The van der Waals surface area contributed by atoms with Crippen LogP contribution >= 0.6 is 0 Å². The van der Waals surface area contributed by atoms with Crippen molar-refractivity contribution in [1.82, 2.24) is 4.31 Å². The lowest BCUT2D eigenvalue weighted by atomic mass is 10.0. The van der Waals surface area contributed by atoms with Gasteiger partial charge in [0, 0.05) is 25.2 Å². The molecule has 0 fully saturated rings. The molecule has 0 saturated carbocycles. The van der Waals surface area contributed by atoms with Crippen molar-refractivity contribution in [3.8, 4) is 11.5 Å². The van der Waals surface area contributed by atoms with Gasteiger partial charge >= 0.3 is 0 Å². The highest BCUT2D eigenvalue weighted by atomic mass is 32.2. The molecular formula is C21H28N2O4S. The third-order valence-electron chi connectivity index (χ3n) is 4.55. The van der Waals surface area contributed by atoms with Gasteiger partial charge in [0.1, 0.15) is 11.0 Å². The largest absolute Gasteiger partial charge is 0.454 e. The summed E-state index contributed by atoms with van der Waals surface area (Å²) in [5.41, 5.74) is 7.30. The van der Waals surface area contributed by atoms with Crippen LogP contribution < -0.4 is 15.2 Å². The summed E-state index contributed by atoms with van der Waals surface area (Å²) in [5.74, 6) is 1.54. The summed E-state index contributed by atoms with van der Waals surface area (Å²) < 4.78 is 25.7. The van der Waals surface area contributed by atoms with Crippen LogP contribution in [-0.2, 0) is 17.4 Å². The number of aliphatic hydroxyl groups excluding tert-OH is 1. The van der Waals surface area contributed by atoms with Gasteiger partial charge in [-0.25, -0.2) is 8.51 Å². The molecule has 1 aliphatic rings. The highest BCUT2D eigenvalue weighted by Crippen LogP contribution is 2.34. The van der Waals surface area contributed by atoms with E-state index < -0.39 is 23.1 Å². The minimum Gasteiger partial charge on any atom is -0.454 e. The second kappa shape index (κ2) is 9.52. The Morgan fingerprint density at radius 3 is 2.54 bits per heavy atom. The molecule has 0 radical (unpaired) electrons. The normalized spacial score (nSPS) is 16.4. The topological polar surface area (TPSA) is 85.0 Å². The van der Waals surface area contributed by atoms with Crippen molar-refractivity contribution in [3.63, 3.8) is 0 Å². The van der Waals surface area contributed by atoms with Crippen LogP contribution in [0.5, 0.6) is 11.5 Å². The van der Waals surface area contributed by atoms with E-state index in [1.165, 1.54) is 0 Å². The molecule has 1 unspecified atom stereocenters. The number of benzene rings is 2. The first kappa shape index (κ1) is 20.8. The van der Waals surface area contributed by atoms with E-state index in [0.717, 1.165) is 5.56 Å². The van der Waals surface area contributed by atoms with Gasteiger partial charge < -0.3 is 20.3 Å². The highest BCUT2D eigenvalue weighted by molar-refractivity contribution is 7.82. The third kappa shape index (κ3) is 5.32. The van der Waals surface area contributed by atoms with Crippen LogP contribution in [0.4, 0.5) is 0 Å². The first-order chi connectivity index (χ1) is 13.4. The van der Waals surface area contributed by atoms with Gasteiger partial charge in [-0.2, -0.15) is 0 Å². The van der Waals surface area contributed by atoms with Crippen molar-refractivity contribution >= 4 is 11.0 Å². The summed E-state index contributed by atoms with van der Waals surface area (Å²) in [7, 11) is -1.44. The van der Waals surface area contributed by atoms with Crippen molar-refractivity contribution < 1.29 is 18.8 Å². The van der Waals surface area contributed by atoms with Crippen molar-refractivity contribution in [1.29, 1.82) is 0 Å². The Morgan fingerprint density at radius 2 is 1.82 bits per heavy atom. The van der Waals surface area contributed by atoms with Crippen molar-refractivity contribution in [2.45, 2.75) is 37.3 Å². The van der Waals surface area contributed by atoms with Crippen molar-refractivity contribution in [2.75, 3.05) is 19.9 Å². The molecular weight excluding hydrogens is 376 g/mol. The van der Waals surface area contributed by atoms with Gasteiger partial charge in [-0.1, -0.05) is 44.2 Å². The van der Waals surface area contributed by atoms with E-state index in [1.54, 1.807) is 22.5 Å². The van der Waals surface area contributed by atoms with E-state index in [2.05, 4.69) is 13.8 Å². The van der Waals surface area contributed by atoms with Crippen LogP contribution in [-0.4, -0.2) is 45.6 Å². The molecule has 0 aromatic heterocycles. The molecule has 3 N–H and O–H groups in total. The first-order valence-corrected chi connectivity index (χ1v) is 10.6. The monoisotopic (exact) mass is 404 g/mol. The van der Waals surface area contributed by atoms with Crippen LogP contribution in [0.1, 0.15) is 19.4 Å². The Balaban J connectivity index is 1.69. The Labute approximate surface area is 168 Å². The number of aliphatic hydroxyl groups is 1. The van der Waals surface area contributed by atoms with Gasteiger partial charge in [0.25, 0.3) is 0 Å². The summed E-state index contributed by atoms with van der Waals surface area (Å²) in [6.07, 6.45) is -0.231. The fourth-order valence-corrected chi connectivity index (χ4v) is 4.53. The van der Waals surface area contributed by atoms with Gasteiger partial charge in [0.2, 0.25) is 6.79 Å². The molecule has 3 rings (SSSR count). The standard InChI is InChI=1S/C21H28N2O4S/c1-15(2)12-23(13-19(24)18(22)10-16-6-4-3-5-7-16)28(25)17-8-9-20-21(11-17)27-14-26-20/h3-9,11,15,18-19,24H,10,12-14,22H2,1-2H3/t18-,19+,28?/m0/s1. The molecule has 0 saturated heterocycles. The van der Waals surface area contributed by atoms with Gasteiger partial charge in [-0.15, -0.1) is 0 Å². The number of nitrogens with two attached hydrogens (primary N) is 1. The Morgan fingerprint density at radius 1 is 1.11 bits per heavy atom. The molecule has 28 heavy (non-hydrogen) atoms. The van der Waals surface area contributed by atoms with E-state index in [4.69, 9.17) is 15.2 Å². The Bertz CT molecular complexity index is 800. The number of rotatable bonds is 9. The first-order valence-electron chi connectivity index (χ1n) is 9.48. The zero-order valence-corrected chi connectivity index (χ0v) is 17.1. The molecule has 2 aromatic rings. The number of nitrogens with zero attached hydrogens (tertiary/aromatic N) is 1. The number of ether oxygens (including phenoxy) is 2. The second-order valence-electron chi connectivity index (χ2n) is 7.43. The summed E-state index contributed by atoms with van der Waals surface area (Å²) in [6.45, 7) is 5.10. The molecule has 2 aromatic carbocycles. The summed E-state index contributed by atoms with van der Waals surface area (Å²) in [5, 5.41) is 10.7. The lowest BCUT2D eigenvalue weighted by Crippen LogP contribution is -2.46. The zero-order valence-electron chi connectivity index (χ0n) is 16.3. The fraction of sp³-hybridized carbons (Fsp3) is 0.429. The second-order valence-corrected chi connectivity index (χ2v) is 8.91. The van der Waals surface area contributed by atoms with Crippen LogP contribution in [0.15, 0.2) is 53.4 Å². The highest BCUT2D eigenvalue weighted by Gasteiger charge is 2.25. The molecule has 0 amide bonds. The molecule has 0 bridgehead atoms. The smallest absolute Gasteiger partial charge is 0.231 e. The molecule has 0 aliphatic carbocycles. The molecule has 6 nitrogen and oxygen atoms in total. The maximum Gasteiger partial charge on any atom is 0.231 e. The van der Waals surface area contributed by atoms with Crippen LogP contribution in [0.2, 0.25) is 0 Å². The van der Waals surface area contributed by atoms with E-state index >= 15 is 0 Å². The molecule has 0 spiro atoms. The maximum atomic E-state index is 13.2. The van der Waals surface area contributed by atoms with Gasteiger partial charge in [-0.05, 0) is 30.0 Å². The molecule has 152 valence electrons. The Hall–Kier alpha value is -1.93. The SMILES string of the molecule is CC(C)CN(C[C@@H](O)[C@@H](N)Cc1ccccc1)S(=O)c1ccc2c(c1)OCO2. The molecule has 1 heterocycles. The number of fused-ring (bicyclic) bond motifs is 1. The average Bonchev–Trinajstić information content (AvgIpc) is 3.15. The summed E-state index contributed by atoms with van der Waals surface area (Å²) in [6, 6.07) is 14.7. The fourth-order valence-electron chi connectivity index (χ4n) is 3.12. The number of hydrogen-bond donors (Lipinski definition) is 2. The predicted octanol–water partition coefficient (Wildman–Crippen LogP) is 2.33. The lowest BCUT2D eigenvalue weighted by Gasteiger charge is -2.28. The van der Waals surface area contributed by atoms with E-state index in [0.29, 0.717) is 29.4 Å². The van der Waals surface area contributed by atoms with Gasteiger partial charge in [0.15, 0.2) is 11.5 Å². The zero-order chi connectivity index (χ0) is 20.1. The number of hydrogen-bond acceptors (Lipinski definition) is 5. The van der Waals surface area contributed by atoms with E-state index in [9.17, 15) is 9.32 Å². The van der Waals surface area contributed by atoms with E-state index in [1.807, 2.05) is 30.3 Å². The van der Waals surface area contributed by atoms with Crippen molar-refractivity contribution in [3.05, 3.63) is 54.1 Å². The quantitative estimate of drug-likeness (QED) is 0.670. The molecule has 7 heteroatoms. The van der Waals surface area contributed by atoms with Crippen molar-refractivity contribution in [2.24, 2.45) is 11.7 Å². The van der Waals surface area contributed by atoms with Crippen LogP contribution in [0.25, 0.3) is 0 Å². The Kier molecular flexibility index (Phi) is 7.07. The minimum atomic E-state index is -1.44. The van der Waals surface area contributed by atoms with E-state index in [-0.39, 0.29) is 19.3 Å². The predicted molar refractivity (Wildman–Crippen MR) is 110 cm³/mol. The van der Waals surface area contributed by atoms with Gasteiger partial charge in [0.05, 0.1) is 11.0 Å². The van der Waals surface area contributed by atoms with Gasteiger partial charge in [-0.3, -0.25) is 0 Å².